The number of nitrogens with zero attached hydrogens (tertiary/aromatic N) is 2. The fourth-order valence-corrected chi connectivity index (χ4v) is 6.88. The van der Waals surface area contributed by atoms with E-state index in [0.717, 1.165) is 12.0 Å². The van der Waals surface area contributed by atoms with Gasteiger partial charge in [0.15, 0.2) is 0 Å². The predicted octanol–water partition coefficient (Wildman–Crippen LogP) is 4.65. The standard InChI is InChI=1S/C23H33ClN2O3S/c1-5-12-23(4)15-17(3)21(18-8-10-19(24)11-9-18)26(22(23)27)20(6-2)16-25-13-7-14-30(25,28)29/h5,8-11,17,20-21H,1,6-7,12-16H2,2-4H3/t17-,20-,21-,23-/m0/s1. The first kappa shape index (κ1) is 23.3. The molecule has 1 amide bonds. The summed E-state index contributed by atoms with van der Waals surface area (Å²) in [4.78, 5) is 15.8. The van der Waals surface area contributed by atoms with Crippen molar-refractivity contribution in [3.8, 4) is 0 Å². The van der Waals surface area contributed by atoms with Crippen LogP contribution in [0.5, 0.6) is 0 Å². The summed E-state index contributed by atoms with van der Waals surface area (Å²) in [5, 5.41) is 0.659. The summed E-state index contributed by atoms with van der Waals surface area (Å²) < 4.78 is 26.5. The number of allylic oxidation sites excluding steroid dienone is 1. The van der Waals surface area contributed by atoms with E-state index in [0.29, 0.717) is 37.4 Å². The van der Waals surface area contributed by atoms with Gasteiger partial charge < -0.3 is 4.90 Å². The summed E-state index contributed by atoms with van der Waals surface area (Å²) in [6, 6.07) is 7.39. The number of amides is 1. The van der Waals surface area contributed by atoms with Crippen LogP contribution in [0, 0.1) is 11.3 Å². The molecular formula is C23H33ClN2O3S. The molecule has 2 aliphatic rings. The molecule has 0 saturated carbocycles. The van der Waals surface area contributed by atoms with Gasteiger partial charge in [-0.1, -0.05) is 50.6 Å². The second-order valence-electron chi connectivity index (χ2n) is 9.03. The molecule has 0 radical (unpaired) electrons. The lowest BCUT2D eigenvalue weighted by molar-refractivity contribution is -0.157. The van der Waals surface area contributed by atoms with Crippen molar-refractivity contribution in [2.75, 3.05) is 18.8 Å². The summed E-state index contributed by atoms with van der Waals surface area (Å²) in [5.74, 6) is 0.504. The van der Waals surface area contributed by atoms with Crippen molar-refractivity contribution in [1.29, 1.82) is 0 Å². The Kier molecular flexibility index (Phi) is 7.00. The highest BCUT2D eigenvalue weighted by atomic mass is 35.5. The zero-order chi connectivity index (χ0) is 22.1. The van der Waals surface area contributed by atoms with Crippen LogP contribution in [0.4, 0.5) is 0 Å². The molecule has 0 aromatic heterocycles. The molecule has 2 fully saturated rings. The summed E-state index contributed by atoms with van der Waals surface area (Å²) in [6.45, 7) is 11.0. The Labute approximate surface area is 186 Å². The Morgan fingerprint density at radius 3 is 2.53 bits per heavy atom. The van der Waals surface area contributed by atoms with Gasteiger partial charge in [-0.3, -0.25) is 4.79 Å². The van der Waals surface area contributed by atoms with Crippen LogP contribution in [0.3, 0.4) is 0 Å². The number of carbonyl (C=O) groups is 1. The van der Waals surface area contributed by atoms with Crippen LogP contribution in [-0.2, 0) is 14.8 Å². The average Bonchev–Trinajstić information content (AvgIpc) is 3.02. The van der Waals surface area contributed by atoms with Gasteiger partial charge in [-0.2, -0.15) is 4.31 Å². The second-order valence-corrected chi connectivity index (χ2v) is 11.6. The molecule has 2 aliphatic heterocycles. The Hall–Kier alpha value is -1.37. The van der Waals surface area contributed by atoms with E-state index < -0.39 is 15.4 Å². The van der Waals surface area contributed by atoms with Gasteiger partial charge in [0.2, 0.25) is 15.9 Å². The number of likely N-dealkylation sites (tertiary alicyclic amines) is 1. The highest BCUT2D eigenvalue weighted by Crippen LogP contribution is 2.47. The van der Waals surface area contributed by atoms with E-state index in [9.17, 15) is 13.2 Å². The van der Waals surface area contributed by atoms with Crippen molar-refractivity contribution < 1.29 is 13.2 Å². The van der Waals surface area contributed by atoms with Crippen molar-refractivity contribution >= 4 is 27.5 Å². The monoisotopic (exact) mass is 452 g/mol. The van der Waals surface area contributed by atoms with E-state index >= 15 is 0 Å². The minimum absolute atomic E-state index is 0.0869. The van der Waals surface area contributed by atoms with Gasteiger partial charge in [-0.15, -0.1) is 6.58 Å². The quantitative estimate of drug-likeness (QED) is 0.566. The molecule has 166 valence electrons. The third-order valence-electron chi connectivity index (χ3n) is 6.65. The van der Waals surface area contributed by atoms with Gasteiger partial charge in [-0.25, -0.2) is 8.42 Å². The van der Waals surface area contributed by atoms with Gasteiger partial charge in [-0.05, 0) is 49.3 Å². The number of hydrogen-bond donors (Lipinski definition) is 0. The maximum atomic E-state index is 13.9. The molecule has 2 saturated heterocycles. The van der Waals surface area contributed by atoms with Crippen molar-refractivity contribution in [2.45, 2.75) is 58.5 Å². The van der Waals surface area contributed by atoms with Gasteiger partial charge in [0.25, 0.3) is 0 Å². The molecule has 3 rings (SSSR count). The van der Waals surface area contributed by atoms with E-state index in [1.165, 1.54) is 0 Å². The van der Waals surface area contributed by atoms with Gasteiger partial charge in [0, 0.05) is 24.2 Å². The average molecular weight is 453 g/mol. The topological polar surface area (TPSA) is 57.7 Å². The number of sulfonamides is 1. The molecule has 0 unspecified atom stereocenters. The van der Waals surface area contributed by atoms with Crippen LogP contribution in [-0.4, -0.2) is 48.4 Å². The van der Waals surface area contributed by atoms with Gasteiger partial charge in [0.05, 0.1) is 17.2 Å². The van der Waals surface area contributed by atoms with E-state index in [4.69, 9.17) is 11.6 Å². The molecule has 7 heteroatoms. The summed E-state index contributed by atoms with van der Waals surface area (Å²) >= 11 is 6.11. The largest absolute Gasteiger partial charge is 0.331 e. The molecular weight excluding hydrogens is 420 g/mol. The molecule has 0 N–H and O–H groups in total. The highest BCUT2D eigenvalue weighted by molar-refractivity contribution is 7.89. The first-order valence-corrected chi connectivity index (χ1v) is 12.8. The van der Waals surface area contributed by atoms with Crippen LogP contribution >= 0.6 is 11.6 Å². The van der Waals surface area contributed by atoms with Gasteiger partial charge >= 0.3 is 0 Å². The number of halogens is 1. The first-order chi connectivity index (χ1) is 14.1. The van der Waals surface area contributed by atoms with Crippen LogP contribution in [0.25, 0.3) is 0 Å². The lowest BCUT2D eigenvalue weighted by atomic mass is 9.69. The first-order valence-electron chi connectivity index (χ1n) is 10.8. The molecule has 30 heavy (non-hydrogen) atoms. The molecule has 1 aromatic carbocycles. The lowest BCUT2D eigenvalue weighted by Crippen LogP contribution is -2.58. The Morgan fingerprint density at radius 1 is 1.33 bits per heavy atom. The minimum atomic E-state index is -3.23. The third kappa shape index (κ3) is 4.46. The van der Waals surface area contributed by atoms with E-state index in [1.807, 2.05) is 49.1 Å². The summed E-state index contributed by atoms with van der Waals surface area (Å²) in [6.07, 6.45) is 4.53. The molecule has 0 bridgehead atoms. The zero-order valence-corrected chi connectivity index (χ0v) is 19.8. The fourth-order valence-electron chi connectivity index (χ4n) is 5.20. The Morgan fingerprint density at radius 2 is 2.00 bits per heavy atom. The maximum absolute atomic E-state index is 13.9. The van der Waals surface area contributed by atoms with Crippen molar-refractivity contribution in [3.63, 3.8) is 0 Å². The van der Waals surface area contributed by atoms with Crippen molar-refractivity contribution in [2.24, 2.45) is 11.3 Å². The van der Waals surface area contributed by atoms with E-state index in [-0.39, 0.29) is 29.7 Å². The minimum Gasteiger partial charge on any atom is -0.331 e. The Bertz CT molecular complexity index is 886. The molecule has 4 atom stereocenters. The summed E-state index contributed by atoms with van der Waals surface area (Å²) in [5.41, 5.74) is 0.519. The number of carbonyl (C=O) groups excluding carboxylic acids is 1. The maximum Gasteiger partial charge on any atom is 0.229 e. The van der Waals surface area contributed by atoms with Crippen LogP contribution in [0.1, 0.15) is 58.1 Å². The van der Waals surface area contributed by atoms with Crippen LogP contribution in [0.2, 0.25) is 5.02 Å². The van der Waals surface area contributed by atoms with Crippen LogP contribution < -0.4 is 0 Å². The molecule has 0 aliphatic carbocycles. The SMILES string of the molecule is C=CC[C@@]1(C)C[C@H](C)[C@@H](c2ccc(Cl)cc2)N([C@@H](CC)CN2CCCS2(=O)=O)C1=O. The van der Waals surface area contributed by atoms with E-state index in [1.54, 1.807) is 4.31 Å². The van der Waals surface area contributed by atoms with Crippen molar-refractivity contribution in [3.05, 3.63) is 47.5 Å². The Balaban J connectivity index is 2.02. The molecule has 2 heterocycles. The summed E-state index contributed by atoms with van der Waals surface area (Å²) in [7, 11) is -3.23. The smallest absolute Gasteiger partial charge is 0.229 e. The van der Waals surface area contributed by atoms with Crippen LogP contribution in [0.15, 0.2) is 36.9 Å². The molecule has 1 aromatic rings. The van der Waals surface area contributed by atoms with E-state index in [2.05, 4.69) is 13.5 Å². The molecule has 0 spiro atoms. The number of benzene rings is 1. The highest BCUT2D eigenvalue weighted by Gasteiger charge is 2.49. The third-order valence-corrected chi connectivity index (χ3v) is 8.83. The van der Waals surface area contributed by atoms with Crippen molar-refractivity contribution in [1.82, 2.24) is 9.21 Å². The molecule has 5 nitrogen and oxygen atoms in total. The predicted molar refractivity (Wildman–Crippen MR) is 122 cm³/mol. The number of hydrogen-bond acceptors (Lipinski definition) is 3. The van der Waals surface area contributed by atoms with Gasteiger partial charge in [0.1, 0.15) is 0 Å². The lowest BCUT2D eigenvalue weighted by Gasteiger charge is -2.51. The number of rotatable bonds is 7. The number of piperidine rings is 1. The zero-order valence-electron chi connectivity index (χ0n) is 18.2. The fraction of sp³-hybridized carbons (Fsp3) is 0.609. The second kappa shape index (κ2) is 9.01. The normalized spacial score (nSPS) is 30.4.